The van der Waals surface area contributed by atoms with Crippen molar-refractivity contribution in [1.29, 1.82) is 0 Å². The number of amides is 1. The first-order valence-electron chi connectivity index (χ1n) is 6.61. The standard InChI is InChI=1S/C15H20ClNO3S/c1-15(2,3)13(14(19)20)17-12(18)8-9-21-11-7-5-4-6-10(11)16/h4-7,13H,8-9H2,1-3H3,(H,17,18)(H,19,20)/t13-/m0/s1. The number of rotatable bonds is 6. The lowest BCUT2D eigenvalue weighted by molar-refractivity contribution is -0.144. The molecule has 0 heterocycles. The number of hydrogen-bond donors (Lipinski definition) is 2. The second kappa shape index (κ2) is 7.71. The molecule has 0 unspecified atom stereocenters. The molecule has 0 bridgehead atoms. The summed E-state index contributed by atoms with van der Waals surface area (Å²) in [6.07, 6.45) is 0.246. The maximum Gasteiger partial charge on any atom is 0.326 e. The van der Waals surface area contributed by atoms with Crippen molar-refractivity contribution in [3.63, 3.8) is 0 Å². The van der Waals surface area contributed by atoms with Gasteiger partial charge in [-0.1, -0.05) is 44.5 Å². The van der Waals surface area contributed by atoms with Crippen LogP contribution in [0.4, 0.5) is 0 Å². The molecule has 0 aromatic heterocycles. The van der Waals surface area contributed by atoms with Crippen LogP contribution in [0.5, 0.6) is 0 Å². The van der Waals surface area contributed by atoms with E-state index in [1.165, 1.54) is 11.8 Å². The zero-order valence-electron chi connectivity index (χ0n) is 12.4. The van der Waals surface area contributed by atoms with Gasteiger partial charge in [-0.3, -0.25) is 4.79 Å². The SMILES string of the molecule is CC(C)(C)[C@@H](NC(=O)CCSc1ccccc1Cl)C(=O)O. The van der Waals surface area contributed by atoms with Gasteiger partial charge in [0, 0.05) is 17.1 Å². The summed E-state index contributed by atoms with van der Waals surface area (Å²) in [6.45, 7) is 5.35. The summed E-state index contributed by atoms with van der Waals surface area (Å²) in [5.74, 6) is -0.738. The number of thioether (sulfide) groups is 1. The number of carbonyl (C=O) groups excluding carboxylic acids is 1. The van der Waals surface area contributed by atoms with Crippen LogP contribution in [0.3, 0.4) is 0 Å². The number of aliphatic carboxylic acids is 1. The molecule has 0 aliphatic rings. The Labute approximate surface area is 134 Å². The normalized spacial score (nSPS) is 12.8. The first-order chi connectivity index (χ1) is 9.71. The van der Waals surface area contributed by atoms with Crippen molar-refractivity contribution >= 4 is 35.2 Å². The number of hydrogen-bond acceptors (Lipinski definition) is 3. The van der Waals surface area contributed by atoms with Crippen molar-refractivity contribution in [2.75, 3.05) is 5.75 Å². The zero-order valence-corrected chi connectivity index (χ0v) is 13.9. The van der Waals surface area contributed by atoms with Crippen LogP contribution in [0.2, 0.25) is 5.02 Å². The quantitative estimate of drug-likeness (QED) is 0.785. The van der Waals surface area contributed by atoms with Gasteiger partial charge < -0.3 is 10.4 Å². The van der Waals surface area contributed by atoms with E-state index in [-0.39, 0.29) is 12.3 Å². The van der Waals surface area contributed by atoms with Gasteiger partial charge in [-0.15, -0.1) is 11.8 Å². The van der Waals surface area contributed by atoms with E-state index in [1.807, 2.05) is 18.2 Å². The molecular formula is C15H20ClNO3S. The molecule has 1 rings (SSSR count). The maximum absolute atomic E-state index is 11.9. The predicted octanol–water partition coefficient (Wildman–Crippen LogP) is 3.44. The van der Waals surface area contributed by atoms with Gasteiger partial charge in [0.15, 0.2) is 0 Å². The van der Waals surface area contributed by atoms with Crippen molar-refractivity contribution in [3.05, 3.63) is 29.3 Å². The number of benzene rings is 1. The Morgan fingerprint density at radius 3 is 2.48 bits per heavy atom. The number of carboxylic acid groups (broad SMARTS) is 1. The Balaban J connectivity index is 2.47. The Kier molecular flexibility index (Phi) is 6.55. The summed E-state index contributed by atoms with van der Waals surface area (Å²) in [7, 11) is 0. The van der Waals surface area contributed by atoms with Crippen molar-refractivity contribution in [1.82, 2.24) is 5.32 Å². The second-order valence-electron chi connectivity index (χ2n) is 5.73. The molecule has 4 nitrogen and oxygen atoms in total. The fourth-order valence-corrected chi connectivity index (χ4v) is 2.88. The molecule has 0 radical (unpaired) electrons. The number of carbonyl (C=O) groups is 2. The van der Waals surface area contributed by atoms with Crippen LogP contribution in [0.1, 0.15) is 27.2 Å². The molecule has 0 saturated heterocycles. The van der Waals surface area contributed by atoms with E-state index >= 15 is 0 Å². The average molecular weight is 330 g/mol. The first kappa shape index (κ1) is 17.9. The highest BCUT2D eigenvalue weighted by molar-refractivity contribution is 7.99. The van der Waals surface area contributed by atoms with Gasteiger partial charge in [-0.2, -0.15) is 0 Å². The Morgan fingerprint density at radius 2 is 1.95 bits per heavy atom. The third kappa shape index (κ3) is 5.98. The first-order valence-corrected chi connectivity index (χ1v) is 7.97. The second-order valence-corrected chi connectivity index (χ2v) is 7.28. The van der Waals surface area contributed by atoms with Gasteiger partial charge in [0.05, 0.1) is 5.02 Å². The summed E-state index contributed by atoms with van der Waals surface area (Å²) >= 11 is 7.50. The average Bonchev–Trinajstić information content (AvgIpc) is 2.36. The van der Waals surface area contributed by atoms with Crippen LogP contribution in [0, 0.1) is 5.41 Å². The minimum Gasteiger partial charge on any atom is -0.480 e. The van der Waals surface area contributed by atoms with Gasteiger partial charge in [-0.05, 0) is 17.5 Å². The number of halogens is 1. The lowest BCUT2D eigenvalue weighted by Gasteiger charge is -2.27. The van der Waals surface area contributed by atoms with Crippen LogP contribution in [-0.4, -0.2) is 28.8 Å². The monoisotopic (exact) mass is 329 g/mol. The van der Waals surface area contributed by atoms with Gasteiger partial charge in [0.1, 0.15) is 6.04 Å². The van der Waals surface area contributed by atoms with Gasteiger partial charge in [-0.25, -0.2) is 4.79 Å². The molecule has 0 fully saturated rings. The molecular weight excluding hydrogens is 310 g/mol. The van der Waals surface area contributed by atoms with Crippen molar-refractivity contribution in [2.24, 2.45) is 5.41 Å². The molecule has 1 atom stereocenters. The van der Waals surface area contributed by atoms with Crippen LogP contribution >= 0.6 is 23.4 Å². The topological polar surface area (TPSA) is 66.4 Å². The van der Waals surface area contributed by atoms with Gasteiger partial charge >= 0.3 is 5.97 Å². The van der Waals surface area contributed by atoms with Gasteiger partial charge in [0.2, 0.25) is 5.91 Å². The molecule has 0 spiro atoms. The molecule has 21 heavy (non-hydrogen) atoms. The molecule has 0 saturated carbocycles. The lowest BCUT2D eigenvalue weighted by Crippen LogP contribution is -2.49. The van der Waals surface area contributed by atoms with Crippen molar-refractivity contribution < 1.29 is 14.7 Å². The van der Waals surface area contributed by atoms with Crippen LogP contribution < -0.4 is 5.32 Å². The Hall–Kier alpha value is -1.20. The number of carboxylic acids is 1. The maximum atomic E-state index is 11.9. The molecule has 1 aromatic carbocycles. The van der Waals surface area contributed by atoms with E-state index < -0.39 is 17.4 Å². The van der Waals surface area contributed by atoms with Crippen LogP contribution in [0.25, 0.3) is 0 Å². The van der Waals surface area contributed by atoms with Crippen molar-refractivity contribution in [2.45, 2.75) is 38.1 Å². The highest BCUT2D eigenvalue weighted by atomic mass is 35.5. The predicted molar refractivity (Wildman–Crippen MR) is 85.8 cm³/mol. The Bertz CT molecular complexity index is 514. The van der Waals surface area contributed by atoms with E-state index in [4.69, 9.17) is 16.7 Å². The highest BCUT2D eigenvalue weighted by Gasteiger charge is 2.32. The highest BCUT2D eigenvalue weighted by Crippen LogP contribution is 2.27. The summed E-state index contributed by atoms with van der Waals surface area (Å²) in [4.78, 5) is 24.0. The summed E-state index contributed by atoms with van der Waals surface area (Å²) in [5.41, 5.74) is -0.530. The minimum atomic E-state index is -1.02. The molecule has 2 N–H and O–H groups in total. The summed E-state index contributed by atoms with van der Waals surface area (Å²) in [6, 6.07) is 6.52. The molecule has 1 amide bonds. The summed E-state index contributed by atoms with van der Waals surface area (Å²) < 4.78 is 0. The van der Waals surface area contributed by atoms with Crippen LogP contribution in [0.15, 0.2) is 29.2 Å². The van der Waals surface area contributed by atoms with Crippen LogP contribution in [-0.2, 0) is 9.59 Å². The minimum absolute atomic E-state index is 0.246. The Morgan fingerprint density at radius 1 is 1.33 bits per heavy atom. The molecule has 116 valence electrons. The largest absolute Gasteiger partial charge is 0.480 e. The fraction of sp³-hybridized carbons (Fsp3) is 0.467. The molecule has 6 heteroatoms. The number of nitrogens with one attached hydrogen (secondary N) is 1. The van der Waals surface area contributed by atoms with Crippen molar-refractivity contribution in [3.8, 4) is 0 Å². The lowest BCUT2D eigenvalue weighted by atomic mass is 9.87. The molecule has 0 aliphatic carbocycles. The third-order valence-electron chi connectivity index (χ3n) is 2.84. The van der Waals surface area contributed by atoms with E-state index in [0.29, 0.717) is 10.8 Å². The molecule has 0 aliphatic heterocycles. The third-order valence-corrected chi connectivity index (χ3v) is 4.36. The smallest absolute Gasteiger partial charge is 0.326 e. The molecule has 1 aromatic rings. The zero-order chi connectivity index (χ0) is 16.0. The van der Waals surface area contributed by atoms with E-state index in [1.54, 1.807) is 26.8 Å². The fourth-order valence-electron chi connectivity index (χ4n) is 1.70. The van der Waals surface area contributed by atoms with E-state index in [9.17, 15) is 9.59 Å². The summed E-state index contributed by atoms with van der Waals surface area (Å²) in [5, 5.41) is 12.4. The van der Waals surface area contributed by atoms with E-state index in [2.05, 4.69) is 5.32 Å². The van der Waals surface area contributed by atoms with Gasteiger partial charge in [0.25, 0.3) is 0 Å². The van der Waals surface area contributed by atoms with E-state index in [0.717, 1.165) is 4.90 Å².